The van der Waals surface area contributed by atoms with E-state index in [0.717, 1.165) is 39.4 Å². The lowest BCUT2D eigenvalue weighted by Crippen LogP contribution is -2.11. The van der Waals surface area contributed by atoms with Gasteiger partial charge in [-0.05, 0) is 65.7 Å². The summed E-state index contributed by atoms with van der Waals surface area (Å²) in [5.74, 6) is 0.592. The Kier molecular flexibility index (Phi) is 7.20. The maximum atomic E-state index is 13.3. The first kappa shape index (κ1) is 27.2. The predicted octanol–water partition coefficient (Wildman–Crippen LogP) is 8.37. The number of anilines is 1. The summed E-state index contributed by atoms with van der Waals surface area (Å²) in [7, 11) is 3.85. The average Bonchev–Trinajstić information content (AvgIpc) is 3.64. The molecule has 0 N–H and O–H groups in total. The highest BCUT2D eigenvalue weighted by molar-refractivity contribution is 8.00. The minimum absolute atomic E-state index is 0.000943. The number of alkyl halides is 6. The molecular weight excluding hydrogens is 580 g/mol. The molecule has 2 aromatic carbocycles. The van der Waals surface area contributed by atoms with E-state index in [-0.39, 0.29) is 17.3 Å². The van der Waals surface area contributed by atoms with E-state index in [2.05, 4.69) is 15.2 Å². The zero-order chi connectivity index (χ0) is 27.9. The minimum atomic E-state index is -4.94. The van der Waals surface area contributed by atoms with Crippen molar-refractivity contribution in [2.24, 2.45) is 0 Å². The van der Waals surface area contributed by atoms with Crippen molar-refractivity contribution in [1.82, 2.24) is 19.7 Å². The van der Waals surface area contributed by atoms with E-state index in [1.165, 1.54) is 16.7 Å². The van der Waals surface area contributed by atoms with Crippen molar-refractivity contribution in [3.8, 4) is 27.6 Å². The Labute approximate surface area is 230 Å². The van der Waals surface area contributed by atoms with Gasteiger partial charge < -0.3 is 4.90 Å². The van der Waals surface area contributed by atoms with Crippen LogP contribution in [0.4, 0.5) is 32.0 Å². The molecule has 0 aliphatic heterocycles. The molecule has 0 spiro atoms. The molecule has 0 amide bonds. The monoisotopic (exact) mass is 597 g/mol. The normalized spacial score (nSPS) is 12.2. The summed E-state index contributed by atoms with van der Waals surface area (Å²) < 4.78 is 82.2. The zero-order valence-electron chi connectivity index (χ0n) is 20.1. The van der Waals surface area contributed by atoms with Crippen molar-refractivity contribution in [2.45, 2.75) is 21.8 Å². The molecule has 0 radical (unpaired) electrons. The molecule has 0 saturated carbocycles. The average molecular weight is 598 g/mol. The Morgan fingerprint density at radius 2 is 1.51 bits per heavy atom. The standard InChI is InChI=1S/C25H17F6N5S3/c1-35(2)17-5-7-18(8-6-17)36-21(20-4-3-9-37-20)33-34-22(36)39-23-32-19(13-38-23)14-10-15(24(26,27)28)12-16(11-14)25(29,30)31/h3-13H,1-2H3. The lowest BCUT2D eigenvalue weighted by Gasteiger charge is -2.14. The van der Waals surface area contributed by atoms with E-state index in [1.807, 2.05) is 65.3 Å². The van der Waals surface area contributed by atoms with Crippen molar-refractivity contribution < 1.29 is 26.3 Å². The Bertz CT molecular complexity index is 1550. The zero-order valence-corrected chi connectivity index (χ0v) is 22.5. The minimum Gasteiger partial charge on any atom is -0.378 e. The molecule has 0 aliphatic rings. The van der Waals surface area contributed by atoms with Gasteiger partial charge in [-0.1, -0.05) is 6.07 Å². The summed E-state index contributed by atoms with van der Waals surface area (Å²) in [5, 5.41) is 12.4. The Morgan fingerprint density at radius 1 is 0.846 bits per heavy atom. The second kappa shape index (κ2) is 10.3. The smallest absolute Gasteiger partial charge is 0.378 e. The first-order valence-corrected chi connectivity index (χ1v) is 13.7. The van der Waals surface area contributed by atoms with Gasteiger partial charge in [-0.15, -0.1) is 32.9 Å². The van der Waals surface area contributed by atoms with Crippen molar-refractivity contribution in [3.63, 3.8) is 0 Å². The molecule has 202 valence electrons. The summed E-state index contributed by atoms with van der Waals surface area (Å²) in [6, 6.07) is 12.9. The van der Waals surface area contributed by atoms with Crippen molar-refractivity contribution >= 4 is 40.1 Å². The Balaban J connectivity index is 1.52. The molecule has 39 heavy (non-hydrogen) atoms. The summed E-state index contributed by atoms with van der Waals surface area (Å²) in [6.45, 7) is 0. The molecule has 0 bridgehead atoms. The molecule has 0 saturated heterocycles. The van der Waals surface area contributed by atoms with E-state index in [1.54, 1.807) is 0 Å². The van der Waals surface area contributed by atoms with Crippen molar-refractivity contribution in [2.75, 3.05) is 19.0 Å². The van der Waals surface area contributed by atoms with Gasteiger partial charge in [-0.2, -0.15) is 26.3 Å². The highest BCUT2D eigenvalue weighted by Crippen LogP contribution is 2.41. The fourth-order valence-corrected chi connectivity index (χ4v) is 6.13. The number of rotatable bonds is 6. The van der Waals surface area contributed by atoms with Gasteiger partial charge in [0.2, 0.25) is 5.16 Å². The molecule has 3 heterocycles. The van der Waals surface area contributed by atoms with Crippen LogP contribution in [-0.4, -0.2) is 33.8 Å². The molecule has 0 fully saturated rings. The molecule has 3 aromatic heterocycles. The van der Waals surface area contributed by atoms with E-state index in [9.17, 15) is 26.3 Å². The highest BCUT2D eigenvalue weighted by Gasteiger charge is 2.37. The Morgan fingerprint density at radius 3 is 2.08 bits per heavy atom. The lowest BCUT2D eigenvalue weighted by atomic mass is 10.0. The first-order valence-electron chi connectivity index (χ1n) is 11.1. The van der Waals surface area contributed by atoms with Gasteiger partial charge in [0.1, 0.15) is 0 Å². The number of hydrogen-bond acceptors (Lipinski definition) is 7. The van der Waals surface area contributed by atoms with Crippen LogP contribution in [0.1, 0.15) is 11.1 Å². The number of thiazole rings is 1. The molecule has 5 rings (SSSR count). The summed E-state index contributed by atoms with van der Waals surface area (Å²) in [4.78, 5) is 7.16. The van der Waals surface area contributed by atoms with Gasteiger partial charge in [-0.25, -0.2) is 4.98 Å². The third-order valence-corrected chi connectivity index (χ3v) is 8.30. The summed E-state index contributed by atoms with van der Waals surface area (Å²) >= 11 is 3.69. The van der Waals surface area contributed by atoms with Crippen LogP contribution in [0.2, 0.25) is 0 Å². The quantitative estimate of drug-likeness (QED) is 0.184. The van der Waals surface area contributed by atoms with Crippen LogP contribution in [0.3, 0.4) is 0 Å². The maximum Gasteiger partial charge on any atom is 0.416 e. The summed E-state index contributed by atoms with van der Waals surface area (Å²) in [6.07, 6.45) is -9.89. The summed E-state index contributed by atoms with van der Waals surface area (Å²) in [5.41, 5.74) is -1.30. The van der Waals surface area contributed by atoms with Gasteiger partial charge in [0, 0.05) is 36.4 Å². The first-order chi connectivity index (χ1) is 18.4. The van der Waals surface area contributed by atoms with E-state index < -0.39 is 23.5 Å². The predicted molar refractivity (Wildman–Crippen MR) is 141 cm³/mol. The van der Waals surface area contributed by atoms with Crippen LogP contribution in [0, 0.1) is 0 Å². The molecule has 5 nitrogen and oxygen atoms in total. The number of halogens is 6. The van der Waals surface area contributed by atoms with E-state index >= 15 is 0 Å². The molecular formula is C25H17F6N5S3. The molecule has 14 heteroatoms. The second-order valence-electron chi connectivity index (χ2n) is 8.42. The Hall–Kier alpha value is -3.36. The number of hydrogen-bond donors (Lipinski definition) is 0. The molecule has 0 atom stereocenters. The van der Waals surface area contributed by atoms with Gasteiger partial charge in [0.15, 0.2) is 10.2 Å². The van der Waals surface area contributed by atoms with Crippen molar-refractivity contribution in [1.29, 1.82) is 0 Å². The third-order valence-electron chi connectivity index (χ3n) is 5.54. The van der Waals surface area contributed by atoms with Gasteiger partial charge >= 0.3 is 12.4 Å². The van der Waals surface area contributed by atoms with Crippen LogP contribution in [0.5, 0.6) is 0 Å². The van der Waals surface area contributed by atoms with Crippen LogP contribution in [-0.2, 0) is 12.4 Å². The SMILES string of the molecule is CN(C)c1ccc(-n2c(Sc3nc(-c4cc(C(F)(F)F)cc(C(F)(F)F)c4)cs3)nnc2-c2cccs2)cc1. The van der Waals surface area contributed by atoms with Crippen LogP contribution in [0.15, 0.2) is 74.9 Å². The maximum absolute atomic E-state index is 13.3. The number of benzene rings is 2. The van der Waals surface area contributed by atoms with Gasteiger partial charge in [0.25, 0.3) is 0 Å². The fourth-order valence-electron chi connectivity index (χ4n) is 3.65. The molecule has 5 aromatic rings. The lowest BCUT2D eigenvalue weighted by molar-refractivity contribution is -0.143. The van der Waals surface area contributed by atoms with Crippen LogP contribution in [0.25, 0.3) is 27.6 Å². The van der Waals surface area contributed by atoms with Crippen molar-refractivity contribution in [3.05, 3.63) is 76.5 Å². The largest absolute Gasteiger partial charge is 0.416 e. The van der Waals surface area contributed by atoms with Crippen LogP contribution >= 0.6 is 34.4 Å². The van der Waals surface area contributed by atoms with E-state index in [4.69, 9.17) is 0 Å². The van der Waals surface area contributed by atoms with Gasteiger partial charge in [-0.3, -0.25) is 4.57 Å². The molecule has 0 aliphatic carbocycles. The highest BCUT2D eigenvalue weighted by atomic mass is 32.2. The van der Waals surface area contributed by atoms with E-state index in [0.29, 0.717) is 27.5 Å². The number of thiophene rings is 1. The van der Waals surface area contributed by atoms with Gasteiger partial charge in [0.05, 0.1) is 21.7 Å². The molecule has 0 unspecified atom stereocenters. The number of aromatic nitrogens is 4. The number of nitrogens with zero attached hydrogens (tertiary/aromatic N) is 5. The third kappa shape index (κ3) is 5.82. The second-order valence-corrected chi connectivity index (χ2v) is 11.4. The fraction of sp³-hybridized carbons (Fsp3) is 0.160. The van der Waals surface area contributed by atoms with Crippen LogP contribution < -0.4 is 4.90 Å². The topological polar surface area (TPSA) is 46.8 Å².